The van der Waals surface area contributed by atoms with Crippen molar-refractivity contribution in [2.24, 2.45) is 0 Å². The van der Waals surface area contributed by atoms with Gasteiger partial charge in [-0.3, -0.25) is 0 Å². The molecule has 0 spiro atoms. The summed E-state index contributed by atoms with van der Waals surface area (Å²) in [5.74, 6) is 0. The minimum Gasteiger partial charge on any atom is -0.445 e. The average molecular weight is 258 g/mol. The first-order valence-corrected chi connectivity index (χ1v) is 6.69. The maximum absolute atomic E-state index is 12.0. The van der Waals surface area contributed by atoms with E-state index in [0.29, 0.717) is 6.61 Å². The number of rotatable bonds is 2. The molecule has 100 valence electrons. The number of amides is 1. The van der Waals surface area contributed by atoms with Crippen LogP contribution in [0.25, 0.3) is 0 Å². The molecule has 19 heavy (non-hydrogen) atoms. The van der Waals surface area contributed by atoms with E-state index in [0.717, 1.165) is 38.2 Å². The van der Waals surface area contributed by atoms with Gasteiger partial charge in [-0.1, -0.05) is 30.3 Å². The fraction of sp³-hybridized carbons (Fsp3) is 0.400. The molecule has 2 aliphatic heterocycles. The van der Waals surface area contributed by atoms with Crippen LogP contribution >= 0.6 is 0 Å². The molecule has 1 amide bonds. The lowest BCUT2D eigenvalue weighted by molar-refractivity contribution is 0.105. The van der Waals surface area contributed by atoms with Crippen LogP contribution in [0.15, 0.2) is 41.5 Å². The van der Waals surface area contributed by atoms with Crippen LogP contribution < -0.4 is 5.32 Å². The summed E-state index contributed by atoms with van der Waals surface area (Å²) in [5.41, 5.74) is 3.80. The zero-order valence-corrected chi connectivity index (χ0v) is 10.9. The van der Waals surface area contributed by atoms with Crippen LogP contribution in [0.1, 0.15) is 12.0 Å². The molecule has 0 radical (unpaired) electrons. The third-order valence-electron chi connectivity index (χ3n) is 3.67. The van der Waals surface area contributed by atoms with Crippen LogP contribution in [-0.2, 0) is 11.3 Å². The largest absolute Gasteiger partial charge is 0.445 e. The lowest BCUT2D eigenvalue weighted by Gasteiger charge is -2.16. The van der Waals surface area contributed by atoms with Crippen LogP contribution in [0.5, 0.6) is 0 Å². The summed E-state index contributed by atoms with van der Waals surface area (Å²) in [6.45, 7) is 3.74. The van der Waals surface area contributed by atoms with Gasteiger partial charge in [-0.25, -0.2) is 4.79 Å². The molecular weight excluding hydrogens is 240 g/mol. The van der Waals surface area contributed by atoms with Gasteiger partial charge in [-0.05, 0) is 29.7 Å². The van der Waals surface area contributed by atoms with E-state index >= 15 is 0 Å². The van der Waals surface area contributed by atoms with Crippen LogP contribution in [0, 0.1) is 0 Å². The molecule has 2 aliphatic rings. The second-order valence-electron chi connectivity index (χ2n) is 5.03. The number of hydrogen-bond donors (Lipinski definition) is 1. The van der Waals surface area contributed by atoms with E-state index < -0.39 is 0 Å². The van der Waals surface area contributed by atoms with Crippen molar-refractivity contribution in [3.63, 3.8) is 0 Å². The Morgan fingerprint density at radius 2 is 2.00 bits per heavy atom. The van der Waals surface area contributed by atoms with E-state index in [-0.39, 0.29) is 6.09 Å². The Hall–Kier alpha value is -1.81. The molecule has 0 fully saturated rings. The van der Waals surface area contributed by atoms with Gasteiger partial charge in [0.2, 0.25) is 0 Å². The second-order valence-corrected chi connectivity index (χ2v) is 5.03. The minimum atomic E-state index is -0.210. The Morgan fingerprint density at radius 1 is 1.21 bits per heavy atom. The highest BCUT2D eigenvalue weighted by molar-refractivity contribution is 5.69. The van der Waals surface area contributed by atoms with Crippen LogP contribution in [0.3, 0.4) is 0 Å². The quantitative estimate of drug-likeness (QED) is 0.824. The van der Waals surface area contributed by atoms with Crippen molar-refractivity contribution in [2.45, 2.75) is 13.0 Å². The fourth-order valence-electron chi connectivity index (χ4n) is 2.60. The van der Waals surface area contributed by atoms with E-state index in [9.17, 15) is 4.79 Å². The summed E-state index contributed by atoms with van der Waals surface area (Å²) in [7, 11) is 0. The SMILES string of the molecule is O=C(OCc1ccccc1)N1CC2=C(CNCC2)C1. The van der Waals surface area contributed by atoms with Crippen LogP contribution in [0.4, 0.5) is 4.79 Å². The molecule has 0 atom stereocenters. The lowest BCUT2D eigenvalue weighted by atomic mass is 10.1. The number of carbonyl (C=O) groups is 1. The summed E-state index contributed by atoms with van der Waals surface area (Å²) < 4.78 is 5.36. The third kappa shape index (κ3) is 2.79. The van der Waals surface area contributed by atoms with Crippen LogP contribution in [-0.4, -0.2) is 37.2 Å². The molecule has 1 aromatic carbocycles. The summed E-state index contributed by atoms with van der Waals surface area (Å²) >= 11 is 0. The standard InChI is InChI=1S/C15H18N2O2/c18-15(19-11-12-4-2-1-3-5-12)17-9-13-6-7-16-8-14(13)10-17/h1-5,16H,6-11H2. The number of ether oxygens (including phenoxy) is 1. The van der Waals surface area contributed by atoms with Crippen molar-refractivity contribution in [1.29, 1.82) is 0 Å². The van der Waals surface area contributed by atoms with Gasteiger partial charge in [0, 0.05) is 19.6 Å². The molecule has 0 saturated carbocycles. The van der Waals surface area contributed by atoms with Crippen molar-refractivity contribution < 1.29 is 9.53 Å². The number of nitrogens with zero attached hydrogens (tertiary/aromatic N) is 1. The summed E-state index contributed by atoms with van der Waals surface area (Å²) in [4.78, 5) is 13.8. The van der Waals surface area contributed by atoms with Gasteiger partial charge in [-0.15, -0.1) is 0 Å². The van der Waals surface area contributed by atoms with Crippen molar-refractivity contribution in [2.75, 3.05) is 26.2 Å². The van der Waals surface area contributed by atoms with E-state index in [1.165, 1.54) is 11.1 Å². The topological polar surface area (TPSA) is 41.6 Å². The molecule has 1 aromatic rings. The van der Waals surface area contributed by atoms with Gasteiger partial charge in [0.15, 0.2) is 0 Å². The smallest absolute Gasteiger partial charge is 0.410 e. The van der Waals surface area contributed by atoms with Gasteiger partial charge in [0.05, 0.1) is 0 Å². The van der Waals surface area contributed by atoms with Crippen molar-refractivity contribution in [3.8, 4) is 0 Å². The van der Waals surface area contributed by atoms with Crippen molar-refractivity contribution in [1.82, 2.24) is 10.2 Å². The minimum absolute atomic E-state index is 0.210. The van der Waals surface area contributed by atoms with Crippen LogP contribution in [0.2, 0.25) is 0 Å². The van der Waals surface area contributed by atoms with Gasteiger partial charge in [-0.2, -0.15) is 0 Å². The Kier molecular flexibility index (Phi) is 3.51. The Bertz CT molecular complexity index is 478. The zero-order valence-electron chi connectivity index (χ0n) is 10.9. The first-order valence-electron chi connectivity index (χ1n) is 6.69. The summed E-state index contributed by atoms with van der Waals surface area (Å²) in [6, 6.07) is 9.78. The molecular formula is C15H18N2O2. The fourth-order valence-corrected chi connectivity index (χ4v) is 2.60. The monoisotopic (exact) mass is 258 g/mol. The predicted octanol–water partition coefficient (Wildman–Crippen LogP) is 1.93. The lowest BCUT2D eigenvalue weighted by Crippen LogP contribution is -2.30. The Morgan fingerprint density at radius 3 is 2.79 bits per heavy atom. The van der Waals surface area contributed by atoms with E-state index in [4.69, 9.17) is 4.74 Å². The van der Waals surface area contributed by atoms with Crippen molar-refractivity contribution >= 4 is 6.09 Å². The average Bonchev–Trinajstić information content (AvgIpc) is 2.90. The Balaban J connectivity index is 1.52. The highest BCUT2D eigenvalue weighted by atomic mass is 16.6. The summed E-state index contributed by atoms with van der Waals surface area (Å²) in [6.07, 6.45) is 0.843. The van der Waals surface area contributed by atoms with E-state index in [1.807, 2.05) is 30.3 Å². The predicted molar refractivity (Wildman–Crippen MR) is 72.7 cm³/mol. The highest BCUT2D eigenvalue weighted by Crippen LogP contribution is 2.22. The zero-order chi connectivity index (χ0) is 13.1. The van der Waals surface area contributed by atoms with Gasteiger partial charge in [0.1, 0.15) is 6.61 Å². The number of hydrogen-bond acceptors (Lipinski definition) is 3. The summed E-state index contributed by atoms with van der Waals surface area (Å²) in [5, 5.41) is 3.34. The molecule has 4 nitrogen and oxygen atoms in total. The van der Waals surface area contributed by atoms with E-state index in [1.54, 1.807) is 4.90 Å². The first-order chi connectivity index (χ1) is 9.33. The molecule has 0 aromatic heterocycles. The first kappa shape index (κ1) is 12.2. The maximum atomic E-state index is 12.0. The normalized spacial score (nSPS) is 18.4. The molecule has 0 saturated heterocycles. The number of nitrogens with one attached hydrogen (secondary N) is 1. The highest BCUT2D eigenvalue weighted by Gasteiger charge is 2.27. The van der Waals surface area contributed by atoms with Gasteiger partial charge in [0.25, 0.3) is 0 Å². The Labute approximate surface area is 113 Å². The second kappa shape index (κ2) is 5.45. The molecule has 1 N–H and O–H groups in total. The molecule has 0 aliphatic carbocycles. The third-order valence-corrected chi connectivity index (χ3v) is 3.67. The molecule has 4 heteroatoms. The maximum Gasteiger partial charge on any atom is 0.410 e. The number of carbonyl (C=O) groups excluding carboxylic acids is 1. The molecule has 0 bridgehead atoms. The van der Waals surface area contributed by atoms with Crippen molar-refractivity contribution in [3.05, 3.63) is 47.0 Å². The van der Waals surface area contributed by atoms with E-state index in [2.05, 4.69) is 5.32 Å². The molecule has 0 unspecified atom stereocenters. The number of benzene rings is 1. The molecule has 2 heterocycles. The molecule has 3 rings (SSSR count). The van der Waals surface area contributed by atoms with Gasteiger partial charge < -0.3 is 15.0 Å². The van der Waals surface area contributed by atoms with Gasteiger partial charge >= 0.3 is 6.09 Å².